The van der Waals surface area contributed by atoms with Gasteiger partial charge in [-0.05, 0) is 36.5 Å². The van der Waals surface area contributed by atoms with Crippen molar-refractivity contribution >= 4 is 21.9 Å². The van der Waals surface area contributed by atoms with Crippen molar-refractivity contribution < 1.29 is 19.4 Å². The summed E-state index contributed by atoms with van der Waals surface area (Å²) < 4.78 is 11.1. The highest BCUT2D eigenvalue weighted by atomic mass is 79.9. The topological polar surface area (TPSA) is 55.8 Å². The number of benzene rings is 1. The first-order valence-electron chi connectivity index (χ1n) is 8.76. The van der Waals surface area contributed by atoms with E-state index >= 15 is 0 Å². The third kappa shape index (κ3) is 8.57. The van der Waals surface area contributed by atoms with Gasteiger partial charge in [-0.1, -0.05) is 49.0 Å². The predicted molar refractivity (Wildman–Crippen MR) is 99.7 cm³/mol. The van der Waals surface area contributed by atoms with Crippen molar-refractivity contribution in [2.45, 2.75) is 59.0 Å². The number of rotatable bonds is 12. The summed E-state index contributed by atoms with van der Waals surface area (Å²) in [6.45, 7) is 5.15. The lowest BCUT2D eigenvalue weighted by Gasteiger charge is -2.16. The van der Waals surface area contributed by atoms with E-state index in [-0.39, 0.29) is 18.3 Å². The zero-order valence-corrected chi connectivity index (χ0v) is 16.3. The number of phenolic OH excluding ortho intramolecular Hbond substituents is 1. The zero-order valence-electron chi connectivity index (χ0n) is 14.7. The van der Waals surface area contributed by atoms with Crippen LogP contribution in [0.2, 0.25) is 0 Å². The summed E-state index contributed by atoms with van der Waals surface area (Å²) in [6.07, 6.45) is 5.78. The van der Waals surface area contributed by atoms with E-state index in [2.05, 4.69) is 29.8 Å². The van der Waals surface area contributed by atoms with Crippen molar-refractivity contribution in [1.29, 1.82) is 0 Å². The Hall–Kier alpha value is -1.23. The first kappa shape index (κ1) is 20.8. The highest BCUT2D eigenvalue weighted by Crippen LogP contribution is 2.24. The number of carbonyl (C=O) groups excluding carboxylic acids is 1. The van der Waals surface area contributed by atoms with Gasteiger partial charge in [0.1, 0.15) is 18.1 Å². The maximum atomic E-state index is 11.6. The van der Waals surface area contributed by atoms with E-state index in [4.69, 9.17) is 9.47 Å². The van der Waals surface area contributed by atoms with E-state index in [1.165, 1.54) is 12.8 Å². The molecule has 1 atom stereocenters. The third-order valence-corrected chi connectivity index (χ3v) is 4.46. The van der Waals surface area contributed by atoms with Crippen molar-refractivity contribution in [2.75, 3.05) is 11.9 Å². The molecule has 1 aromatic carbocycles. The predicted octanol–water partition coefficient (Wildman–Crippen LogP) is 5.21. The standard InChI is InChI=1S/C19H29BrO4/c1-3-5-7-15(4-2)13-23-18-11-16(10-17(21)12-18)14-24-19(22)8-6-9-20/h10-12,15,21H,3-9,13-14H2,1-2H3. The van der Waals surface area contributed by atoms with Gasteiger partial charge in [-0.25, -0.2) is 0 Å². The second-order valence-corrected chi connectivity index (χ2v) is 6.81. The van der Waals surface area contributed by atoms with Crippen LogP contribution in [0.4, 0.5) is 0 Å². The molecule has 4 nitrogen and oxygen atoms in total. The average Bonchev–Trinajstić information content (AvgIpc) is 2.58. The number of hydrogen-bond acceptors (Lipinski definition) is 4. The van der Waals surface area contributed by atoms with Crippen molar-refractivity contribution in [3.8, 4) is 11.5 Å². The third-order valence-electron chi connectivity index (χ3n) is 3.89. The minimum atomic E-state index is -0.231. The lowest BCUT2D eigenvalue weighted by Crippen LogP contribution is -2.11. The number of unbranched alkanes of at least 4 members (excludes halogenated alkanes) is 1. The molecule has 0 saturated heterocycles. The fourth-order valence-electron chi connectivity index (χ4n) is 2.37. The molecule has 0 bridgehead atoms. The number of hydrogen-bond donors (Lipinski definition) is 1. The van der Waals surface area contributed by atoms with Gasteiger partial charge in [-0.2, -0.15) is 0 Å². The Morgan fingerprint density at radius 2 is 2.04 bits per heavy atom. The highest BCUT2D eigenvalue weighted by Gasteiger charge is 2.09. The maximum absolute atomic E-state index is 11.6. The molecule has 0 saturated carbocycles. The largest absolute Gasteiger partial charge is 0.508 e. The van der Waals surface area contributed by atoms with Crippen LogP contribution in [0.3, 0.4) is 0 Å². The monoisotopic (exact) mass is 400 g/mol. The SMILES string of the molecule is CCCCC(CC)COc1cc(O)cc(COC(=O)CCCBr)c1. The Bertz CT molecular complexity index is 490. The van der Waals surface area contributed by atoms with E-state index < -0.39 is 0 Å². The second kappa shape index (κ2) is 12.2. The number of carbonyl (C=O) groups is 1. The van der Waals surface area contributed by atoms with Gasteiger partial charge in [0.05, 0.1) is 6.61 Å². The molecule has 1 aromatic rings. The summed E-state index contributed by atoms with van der Waals surface area (Å²) in [7, 11) is 0. The number of phenols is 1. The molecule has 136 valence electrons. The number of alkyl halides is 1. The summed E-state index contributed by atoms with van der Waals surface area (Å²) in [5, 5.41) is 10.6. The molecule has 0 aliphatic carbocycles. The zero-order chi connectivity index (χ0) is 17.8. The second-order valence-electron chi connectivity index (χ2n) is 6.02. The van der Waals surface area contributed by atoms with Crippen molar-refractivity contribution in [3.05, 3.63) is 23.8 Å². The first-order valence-corrected chi connectivity index (χ1v) is 9.88. The Morgan fingerprint density at radius 3 is 2.71 bits per heavy atom. The van der Waals surface area contributed by atoms with Crippen LogP contribution < -0.4 is 4.74 Å². The van der Waals surface area contributed by atoms with Gasteiger partial charge in [0.25, 0.3) is 0 Å². The van der Waals surface area contributed by atoms with Crippen LogP contribution in [0.1, 0.15) is 57.9 Å². The molecule has 0 heterocycles. The summed E-state index contributed by atoms with van der Waals surface area (Å²) in [4.78, 5) is 11.6. The first-order chi connectivity index (χ1) is 11.6. The quantitative estimate of drug-likeness (QED) is 0.386. The van der Waals surface area contributed by atoms with Crippen LogP contribution in [-0.4, -0.2) is 23.0 Å². The van der Waals surface area contributed by atoms with E-state index in [1.807, 2.05) is 6.07 Å². The van der Waals surface area contributed by atoms with Crippen LogP contribution in [0, 0.1) is 5.92 Å². The Balaban J connectivity index is 2.54. The Morgan fingerprint density at radius 1 is 1.25 bits per heavy atom. The van der Waals surface area contributed by atoms with Crippen LogP contribution in [0.25, 0.3) is 0 Å². The number of esters is 1. The molecule has 0 aromatic heterocycles. The molecule has 24 heavy (non-hydrogen) atoms. The highest BCUT2D eigenvalue weighted by molar-refractivity contribution is 9.09. The number of halogens is 1. The van der Waals surface area contributed by atoms with Gasteiger partial charge in [0.15, 0.2) is 0 Å². The molecular weight excluding hydrogens is 372 g/mol. The van der Waals surface area contributed by atoms with Crippen molar-refractivity contribution in [1.82, 2.24) is 0 Å². The molecule has 0 amide bonds. The fourth-order valence-corrected chi connectivity index (χ4v) is 2.65. The summed E-state index contributed by atoms with van der Waals surface area (Å²) >= 11 is 3.29. The number of ether oxygens (including phenoxy) is 2. The maximum Gasteiger partial charge on any atom is 0.306 e. The van der Waals surface area contributed by atoms with Gasteiger partial charge < -0.3 is 14.6 Å². The minimum absolute atomic E-state index is 0.126. The van der Waals surface area contributed by atoms with Gasteiger partial charge in [0, 0.05) is 17.8 Å². The van der Waals surface area contributed by atoms with Crippen LogP contribution in [0.5, 0.6) is 11.5 Å². The fraction of sp³-hybridized carbons (Fsp3) is 0.632. The summed E-state index contributed by atoms with van der Waals surface area (Å²) in [5.74, 6) is 1.04. The van der Waals surface area contributed by atoms with E-state index in [0.29, 0.717) is 24.7 Å². The number of aromatic hydroxyl groups is 1. The van der Waals surface area contributed by atoms with Gasteiger partial charge in [-0.3, -0.25) is 4.79 Å². The van der Waals surface area contributed by atoms with Gasteiger partial charge in [0.2, 0.25) is 0 Å². The molecule has 0 aliphatic rings. The Labute approximate surface area is 153 Å². The molecule has 0 fully saturated rings. The molecular formula is C19H29BrO4. The molecule has 1 rings (SSSR count). The molecule has 1 unspecified atom stereocenters. The summed E-state index contributed by atoms with van der Waals surface area (Å²) in [6, 6.07) is 5.02. The molecule has 0 spiro atoms. The van der Waals surface area contributed by atoms with E-state index in [9.17, 15) is 9.90 Å². The molecule has 5 heteroatoms. The lowest BCUT2D eigenvalue weighted by atomic mass is 10.0. The average molecular weight is 401 g/mol. The molecule has 0 aliphatic heterocycles. The normalized spacial score (nSPS) is 12.0. The smallest absolute Gasteiger partial charge is 0.306 e. The van der Waals surface area contributed by atoms with Crippen LogP contribution >= 0.6 is 15.9 Å². The Kier molecular flexibility index (Phi) is 10.6. The van der Waals surface area contributed by atoms with E-state index in [1.54, 1.807) is 12.1 Å². The van der Waals surface area contributed by atoms with E-state index in [0.717, 1.165) is 30.2 Å². The van der Waals surface area contributed by atoms with Crippen LogP contribution in [-0.2, 0) is 16.1 Å². The molecule has 1 N–H and O–H groups in total. The van der Waals surface area contributed by atoms with Gasteiger partial charge in [-0.15, -0.1) is 0 Å². The van der Waals surface area contributed by atoms with Crippen molar-refractivity contribution in [3.63, 3.8) is 0 Å². The van der Waals surface area contributed by atoms with Crippen LogP contribution in [0.15, 0.2) is 18.2 Å². The molecule has 0 radical (unpaired) electrons. The van der Waals surface area contributed by atoms with Gasteiger partial charge >= 0.3 is 5.97 Å². The minimum Gasteiger partial charge on any atom is -0.508 e. The van der Waals surface area contributed by atoms with Crippen molar-refractivity contribution in [2.24, 2.45) is 5.92 Å². The lowest BCUT2D eigenvalue weighted by molar-refractivity contribution is -0.144. The summed E-state index contributed by atoms with van der Waals surface area (Å²) in [5.41, 5.74) is 0.735.